The van der Waals surface area contributed by atoms with Crippen LogP contribution in [0.15, 0.2) is 47.4 Å². The second-order valence-corrected chi connectivity index (χ2v) is 9.07. The van der Waals surface area contributed by atoms with Gasteiger partial charge in [0.15, 0.2) is 0 Å². The van der Waals surface area contributed by atoms with E-state index in [2.05, 4.69) is 4.72 Å². The largest absolute Gasteiger partial charge is 0.369 e. The van der Waals surface area contributed by atoms with Crippen LogP contribution in [-0.4, -0.2) is 38.2 Å². The Labute approximate surface area is 171 Å². The van der Waals surface area contributed by atoms with E-state index in [0.29, 0.717) is 42.7 Å². The van der Waals surface area contributed by atoms with Gasteiger partial charge in [-0.1, -0.05) is 12.1 Å². The molecule has 1 aliphatic heterocycles. The molecule has 1 saturated heterocycles. The number of hydrogen-bond donors (Lipinski definition) is 2. The van der Waals surface area contributed by atoms with Crippen molar-refractivity contribution in [2.24, 2.45) is 11.7 Å². The highest BCUT2D eigenvalue weighted by Gasteiger charge is 2.26. The summed E-state index contributed by atoms with van der Waals surface area (Å²) in [5.41, 5.74) is 7.70. The highest BCUT2D eigenvalue weighted by atomic mass is 32.2. The van der Waals surface area contributed by atoms with E-state index in [9.17, 15) is 18.0 Å². The lowest BCUT2D eigenvalue weighted by Crippen LogP contribution is -2.41. The summed E-state index contributed by atoms with van der Waals surface area (Å²) in [5.74, 6) is -0.643. The van der Waals surface area contributed by atoms with Crippen molar-refractivity contribution in [2.75, 3.05) is 17.8 Å². The third kappa shape index (κ3) is 4.76. The molecule has 154 valence electrons. The number of sulfonamides is 1. The van der Waals surface area contributed by atoms with Crippen LogP contribution in [0.1, 0.15) is 34.3 Å². The van der Waals surface area contributed by atoms with Gasteiger partial charge in [-0.25, -0.2) is 8.42 Å². The van der Waals surface area contributed by atoms with E-state index in [-0.39, 0.29) is 22.6 Å². The summed E-state index contributed by atoms with van der Waals surface area (Å²) in [4.78, 5) is 25.8. The van der Waals surface area contributed by atoms with Crippen molar-refractivity contribution < 1.29 is 18.0 Å². The van der Waals surface area contributed by atoms with Gasteiger partial charge < -0.3 is 10.6 Å². The van der Waals surface area contributed by atoms with E-state index >= 15 is 0 Å². The summed E-state index contributed by atoms with van der Waals surface area (Å²) in [6.07, 6.45) is 1.13. The molecule has 3 N–H and O–H groups in total. The molecule has 3 rings (SSSR count). The number of benzene rings is 2. The number of likely N-dealkylation sites (tertiary alicyclic amines) is 1. The Morgan fingerprint density at radius 1 is 1.03 bits per heavy atom. The molecule has 7 nitrogen and oxygen atoms in total. The standard InChI is InChI=1S/C21H25N3O4S/c1-14-3-4-15(2)19(13-14)29(27,28)23-18-7-5-17(6-8-18)21(26)24-11-9-16(10-12-24)20(22)25/h3-8,13,16,23H,9-12H2,1-2H3,(H2,22,25). The zero-order valence-electron chi connectivity index (χ0n) is 16.5. The third-order valence-electron chi connectivity index (χ3n) is 5.20. The molecule has 0 bridgehead atoms. The van der Waals surface area contributed by atoms with Gasteiger partial charge in [0.25, 0.3) is 15.9 Å². The lowest BCUT2D eigenvalue weighted by Gasteiger charge is -2.30. The Morgan fingerprint density at radius 3 is 2.24 bits per heavy atom. The molecule has 0 aliphatic carbocycles. The lowest BCUT2D eigenvalue weighted by atomic mass is 9.96. The molecule has 0 radical (unpaired) electrons. The van der Waals surface area contributed by atoms with Gasteiger partial charge in [-0.15, -0.1) is 0 Å². The molecule has 0 unspecified atom stereocenters. The van der Waals surface area contributed by atoms with Gasteiger partial charge in [-0.05, 0) is 68.1 Å². The van der Waals surface area contributed by atoms with Crippen LogP contribution < -0.4 is 10.5 Å². The molecule has 0 spiro atoms. The van der Waals surface area contributed by atoms with E-state index in [1.165, 1.54) is 0 Å². The van der Waals surface area contributed by atoms with Crippen molar-refractivity contribution in [3.8, 4) is 0 Å². The second-order valence-electron chi connectivity index (χ2n) is 7.42. The van der Waals surface area contributed by atoms with Crippen LogP contribution in [0, 0.1) is 19.8 Å². The van der Waals surface area contributed by atoms with Gasteiger partial charge in [0.2, 0.25) is 5.91 Å². The van der Waals surface area contributed by atoms with Crippen molar-refractivity contribution in [2.45, 2.75) is 31.6 Å². The normalized spacial score (nSPS) is 15.2. The topological polar surface area (TPSA) is 110 Å². The Hall–Kier alpha value is -2.87. The van der Waals surface area contributed by atoms with E-state index in [1.54, 1.807) is 48.2 Å². The van der Waals surface area contributed by atoms with Gasteiger partial charge in [-0.3, -0.25) is 14.3 Å². The third-order valence-corrected chi connectivity index (χ3v) is 6.73. The van der Waals surface area contributed by atoms with Crippen molar-refractivity contribution in [3.63, 3.8) is 0 Å². The van der Waals surface area contributed by atoms with Crippen molar-refractivity contribution in [3.05, 3.63) is 59.2 Å². The molecule has 1 aliphatic rings. The van der Waals surface area contributed by atoms with E-state index in [4.69, 9.17) is 5.73 Å². The van der Waals surface area contributed by atoms with Crippen molar-refractivity contribution >= 4 is 27.5 Å². The van der Waals surface area contributed by atoms with Crippen LogP contribution in [-0.2, 0) is 14.8 Å². The zero-order chi connectivity index (χ0) is 21.2. The number of amides is 2. The number of hydrogen-bond acceptors (Lipinski definition) is 4. The number of primary amides is 1. The Morgan fingerprint density at radius 2 is 1.66 bits per heavy atom. The maximum Gasteiger partial charge on any atom is 0.262 e. The summed E-state index contributed by atoms with van der Waals surface area (Å²) < 4.78 is 28.0. The first-order valence-electron chi connectivity index (χ1n) is 9.46. The first-order valence-corrected chi connectivity index (χ1v) is 10.9. The molecule has 2 aromatic carbocycles. The molecular formula is C21H25N3O4S. The Kier molecular flexibility index (Phi) is 5.93. The van der Waals surface area contributed by atoms with Crippen LogP contribution in [0.2, 0.25) is 0 Å². The fraction of sp³-hybridized carbons (Fsp3) is 0.333. The van der Waals surface area contributed by atoms with Crippen LogP contribution in [0.25, 0.3) is 0 Å². The Balaban J connectivity index is 1.69. The summed E-state index contributed by atoms with van der Waals surface area (Å²) in [6, 6.07) is 11.6. The maximum absolute atomic E-state index is 12.7. The minimum atomic E-state index is -3.72. The number of rotatable bonds is 5. The SMILES string of the molecule is Cc1ccc(C)c(S(=O)(=O)Nc2ccc(C(=O)N3CCC(C(N)=O)CC3)cc2)c1. The number of aryl methyl sites for hydroxylation is 2. The number of piperidine rings is 1. The highest BCUT2D eigenvalue weighted by molar-refractivity contribution is 7.92. The average molecular weight is 416 g/mol. The van der Waals surface area contributed by atoms with E-state index < -0.39 is 10.0 Å². The van der Waals surface area contributed by atoms with Crippen molar-refractivity contribution in [1.29, 1.82) is 0 Å². The van der Waals surface area contributed by atoms with Gasteiger partial charge in [0.1, 0.15) is 0 Å². The molecule has 29 heavy (non-hydrogen) atoms. The molecule has 1 fully saturated rings. The summed E-state index contributed by atoms with van der Waals surface area (Å²) in [5, 5.41) is 0. The van der Waals surface area contributed by atoms with Crippen LogP contribution in [0.4, 0.5) is 5.69 Å². The van der Waals surface area contributed by atoms with Crippen LogP contribution >= 0.6 is 0 Å². The van der Waals surface area contributed by atoms with Gasteiger partial charge in [0.05, 0.1) is 4.90 Å². The number of nitrogens with one attached hydrogen (secondary N) is 1. The maximum atomic E-state index is 12.7. The predicted octanol–water partition coefficient (Wildman–Crippen LogP) is 2.44. The van der Waals surface area contributed by atoms with E-state index in [1.807, 2.05) is 13.0 Å². The predicted molar refractivity (Wildman–Crippen MR) is 111 cm³/mol. The smallest absolute Gasteiger partial charge is 0.262 e. The number of carbonyl (C=O) groups excluding carboxylic acids is 2. The first-order chi connectivity index (χ1) is 13.7. The second kappa shape index (κ2) is 8.24. The molecule has 2 amide bonds. The van der Waals surface area contributed by atoms with Crippen LogP contribution in [0.5, 0.6) is 0 Å². The van der Waals surface area contributed by atoms with Crippen molar-refractivity contribution in [1.82, 2.24) is 4.90 Å². The lowest BCUT2D eigenvalue weighted by molar-refractivity contribution is -0.123. The fourth-order valence-corrected chi connectivity index (χ4v) is 4.83. The summed E-state index contributed by atoms with van der Waals surface area (Å²) in [7, 11) is -3.72. The molecular weight excluding hydrogens is 390 g/mol. The molecule has 1 heterocycles. The Bertz CT molecular complexity index is 1020. The molecule has 8 heteroatoms. The summed E-state index contributed by atoms with van der Waals surface area (Å²) >= 11 is 0. The van der Waals surface area contributed by atoms with Crippen LogP contribution in [0.3, 0.4) is 0 Å². The average Bonchev–Trinajstić information content (AvgIpc) is 2.69. The number of nitrogens with two attached hydrogens (primary N) is 1. The zero-order valence-corrected chi connectivity index (χ0v) is 17.3. The minimum Gasteiger partial charge on any atom is -0.369 e. The molecule has 2 aromatic rings. The first kappa shape index (κ1) is 20.9. The van der Waals surface area contributed by atoms with Gasteiger partial charge >= 0.3 is 0 Å². The molecule has 0 saturated carbocycles. The minimum absolute atomic E-state index is 0.142. The summed E-state index contributed by atoms with van der Waals surface area (Å²) in [6.45, 7) is 4.54. The number of carbonyl (C=O) groups is 2. The van der Waals surface area contributed by atoms with Gasteiger partial charge in [0, 0.05) is 30.3 Å². The van der Waals surface area contributed by atoms with E-state index in [0.717, 1.165) is 5.56 Å². The molecule has 0 atom stereocenters. The quantitative estimate of drug-likeness (QED) is 0.781. The number of anilines is 1. The molecule has 0 aromatic heterocycles. The van der Waals surface area contributed by atoms with Gasteiger partial charge in [-0.2, -0.15) is 0 Å². The monoisotopic (exact) mass is 415 g/mol. The fourth-order valence-electron chi connectivity index (χ4n) is 3.44. The highest BCUT2D eigenvalue weighted by Crippen LogP contribution is 2.22. The number of nitrogens with zero attached hydrogens (tertiary/aromatic N) is 1.